The first-order valence-electron chi connectivity index (χ1n) is 7.47. The predicted molar refractivity (Wildman–Crippen MR) is 91.6 cm³/mol. The highest BCUT2D eigenvalue weighted by atomic mass is 16.5. The highest BCUT2D eigenvalue weighted by Crippen LogP contribution is 2.27. The zero-order valence-corrected chi connectivity index (χ0v) is 13.4. The van der Waals surface area contributed by atoms with Crippen LogP contribution < -0.4 is 10.1 Å². The molecule has 0 aliphatic carbocycles. The van der Waals surface area contributed by atoms with Crippen molar-refractivity contribution >= 4 is 11.7 Å². The number of hydrogen-bond donors (Lipinski definition) is 1. The van der Waals surface area contributed by atoms with Crippen molar-refractivity contribution in [1.29, 1.82) is 0 Å². The number of carbonyl (C=O) groups excluding carboxylic acids is 1. The van der Waals surface area contributed by atoms with E-state index in [1.807, 2.05) is 54.6 Å². The minimum atomic E-state index is -0.401. The van der Waals surface area contributed by atoms with Gasteiger partial charge in [0.05, 0.1) is 25.3 Å². The monoisotopic (exact) mass is 311 g/mol. The van der Waals surface area contributed by atoms with Gasteiger partial charge >= 0.3 is 5.97 Å². The molecule has 2 rings (SSSR count). The Morgan fingerprint density at radius 1 is 1.13 bits per heavy atom. The van der Waals surface area contributed by atoms with E-state index in [1.54, 1.807) is 14.0 Å². The average Bonchev–Trinajstić information content (AvgIpc) is 2.60. The van der Waals surface area contributed by atoms with Crippen LogP contribution in [0, 0.1) is 0 Å². The van der Waals surface area contributed by atoms with Crippen molar-refractivity contribution in [3.8, 4) is 5.75 Å². The number of ether oxygens (including phenoxy) is 2. The van der Waals surface area contributed by atoms with Crippen molar-refractivity contribution in [2.24, 2.45) is 0 Å². The Labute approximate surface area is 136 Å². The summed E-state index contributed by atoms with van der Waals surface area (Å²) in [5.74, 6) is 0.374. The van der Waals surface area contributed by atoms with Gasteiger partial charge in [-0.2, -0.15) is 0 Å². The molecule has 0 aliphatic rings. The molecule has 1 N–H and O–H groups in total. The molecule has 0 unspecified atom stereocenters. The topological polar surface area (TPSA) is 47.6 Å². The van der Waals surface area contributed by atoms with Crippen molar-refractivity contribution < 1.29 is 14.3 Å². The first-order valence-corrected chi connectivity index (χ1v) is 7.47. The van der Waals surface area contributed by atoms with Crippen LogP contribution >= 0.6 is 0 Å². The largest absolute Gasteiger partial charge is 0.497 e. The molecule has 2 aromatic carbocycles. The molecule has 0 fully saturated rings. The second kappa shape index (κ2) is 8.03. The van der Waals surface area contributed by atoms with Gasteiger partial charge in [-0.15, -0.1) is 0 Å². The average molecular weight is 311 g/mol. The number of nitrogens with one attached hydrogen (secondary N) is 1. The molecule has 0 bridgehead atoms. The lowest BCUT2D eigenvalue weighted by Gasteiger charge is -2.22. The van der Waals surface area contributed by atoms with Gasteiger partial charge < -0.3 is 14.8 Å². The molecule has 4 heteroatoms. The lowest BCUT2D eigenvalue weighted by atomic mass is 9.99. The summed E-state index contributed by atoms with van der Waals surface area (Å²) in [7, 11) is 1.62. The third kappa shape index (κ3) is 4.36. The molecule has 0 saturated heterocycles. The van der Waals surface area contributed by atoms with Crippen molar-refractivity contribution in [3.63, 3.8) is 0 Å². The van der Waals surface area contributed by atoms with Crippen molar-refractivity contribution in [3.05, 3.63) is 72.3 Å². The van der Waals surface area contributed by atoms with Crippen LogP contribution in [0.15, 0.2) is 66.7 Å². The van der Waals surface area contributed by atoms with E-state index in [-0.39, 0.29) is 6.04 Å². The summed E-state index contributed by atoms with van der Waals surface area (Å²) in [6.07, 6.45) is 0. The number of anilines is 1. The van der Waals surface area contributed by atoms with Crippen LogP contribution in [0.4, 0.5) is 5.69 Å². The van der Waals surface area contributed by atoms with Crippen molar-refractivity contribution in [1.82, 2.24) is 0 Å². The Kier molecular flexibility index (Phi) is 5.80. The summed E-state index contributed by atoms with van der Waals surface area (Å²) in [5, 5.41) is 3.33. The molecule has 0 aromatic heterocycles. The molecule has 0 radical (unpaired) electrons. The Bertz CT molecular complexity index is 650. The van der Waals surface area contributed by atoms with E-state index in [0.29, 0.717) is 12.2 Å². The highest BCUT2D eigenvalue weighted by molar-refractivity contribution is 5.90. The number of rotatable bonds is 7. The summed E-state index contributed by atoms with van der Waals surface area (Å²) in [6.45, 7) is 6.02. The van der Waals surface area contributed by atoms with Gasteiger partial charge in [-0.1, -0.05) is 36.9 Å². The van der Waals surface area contributed by atoms with E-state index in [2.05, 4.69) is 11.9 Å². The predicted octanol–water partition coefficient (Wildman–Crippen LogP) is 3.97. The van der Waals surface area contributed by atoms with Gasteiger partial charge in [0.1, 0.15) is 5.75 Å². The minimum Gasteiger partial charge on any atom is -0.497 e. The fraction of sp³-hybridized carbons (Fsp3) is 0.211. The van der Waals surface area contributed by atoms with Gasteiger partial charge in [0, 0.05) is 5.69 Å². The summed E-state index contributed by atoms with van der Waals surface area (Å²) in [5.41, 5.74) is 2.18. The number of carbonyl (C=O) groups is 1. The fourth-order valence-corrected chi connectivity index (χ4v) is 2.21. The number of esters is 1. The van der Waals surface area contributed by atoms with Crippen LogP contribution in [-0.4, -0.2) is 19.7 Å². The summed E-state index contributed by atoms with van der Waals surface area (Å²) >= 11 is 0. The number of methoxy groups -OCH3 is 1. The van der Waals surface area contributed by atoms with Crippen LogP contribution in [0.2, 0.25) is 0 Å². The first-order chi connectivity index (χ1) is 11.2. The first kappa shape index (κ1) is 16.6. The summed E-state index contributed by atoms with van der Waals surface area (Å²) in [6, 6.07) is 16.8. The molecule has 0 heterocycles. The van der Waals surface area contributed by atoms with Crippen LogP contribution in [0.1, 0.15) is 18.5 Å². The van der Waals surface area contributed by atoms with E-state index < -0.39 is 5.97 Å². The van der Waals surface area contributed by atoms with Crippen LogP contribution in [0.5, 0.6) is 5.75 Å². The molecule has 23 heavy (non-hydrogen) atoms. The quantitative estimate of drug-likeness (QED) is 0.621. The van der Waals surface area contributed by atoms with Gasteiger partial charge in [0.2, 0.25) is 0 Å². The van der Waals surface area contributed by atoms with Crippen LogP contribution in [0.3, 0.4) is 0 Å². The van der Waals surface area contributed by atoms with E-state index in [9.17, 15) is 4.79 Å². The molecule has 0 amide bonds. The number of hydrogen-bond acceptors (Lipinski definition) is 4. The Morgan fingerprint density at radius 3 is 2.35 bits per heavy atom. The Balaban J connectivity index is 2.26. The minimum absolute atomic E-state index is 0.321. The second-order valence-corrected chi connectivity index (χ2v) is 4.96. The maximum absolute atomic E-state index is 12.1. The molecule has 0 spiro atoms. The maximum atomic E-state index is 12.1. The molecule has 1 atom stereocenters. The van der Waals surface area contributed by atoms with Crippen LogP contribution in [0.25, 0.3) is 0 Å². The van der Waals surface area contributed by atoms with E-state index in [0.717, 1.165) is 17.0 Å². The van der Waals surface area contributed by atoms with Crippen molar-refractivity contribution in [2.45, 2.75) is 13.0 Å². The third-order valence-electron chi connectivity index (χ3n) is 3.42. The van der Waals surface area contributed by atoms with Gasteiger partial charge in [-0.05, 0) is 36.8 Å². The van der Waals surface area contributed by atoms with Gasteiger partial charge in [0.25, 0.3) is 0 Å². The normalized spacial score (nSPS) is 11.4. The molecule has 0 saturated carbocycles. The zero-order chi connectivity index (χ0) is 16.7. The molecular weight excluding hydrogens is 290 g/mol. The maximum Gasteiger partial charge on any atom is 0.335 e. The molecule has 120 valence electrons. The van der Waals surface area contributed by atoms with Gasteiger partial charge in [0.15, 0.2) is 0 Å². The van der Waals surface area contributed by atoms with Crippen LogP contribution in [-0.2, 0) is 9.53 Å². The van der Waals surface area contributed by atoms with Gasteiger partial charge in [-0.25, -0.2) is 4.79 Å². The second-order valence-electron chi connectivity index (χ2n) is 4.96. The molecular formula is C19H21NO3. The Morgan fingerprint density at radius 2 is 1.78 bits per heavy atom. The lowest BCUT2D eigenvalue weighted by Crippen LogP contribution is -2.20. The Hall–Kier alpha value is -2.75. The SMILES string of the molecule is C=C(C(=O)OCC)[C@@H](Nc1ccc(OC)cc1)c1ccccc1. The number of benzene rings is 2. The summed E-state index contributed by atoms with van der Waals surface area (Å²) < 4.78 is 10.2. The van der Waals surface area contributed by atoms with E-state index in [4.69, 9.17) is 9.47 Å². The molecule has 2 aromatic rings. The summed E-state index contributed by atoms with van der Waals surface area (Å²) in [4.78, 5) is 12.1. The van der Waals surface area contributed by atoms with E-state index in [1.165, 1.54) is 0 Å². The lowest BCUT2D eigenvalue weighted by molar-refractivity contribution is -0.138. The molecule has 0 aliphatic heterocycles. The zero-order valence-electron chi connectivity index (χ0n) is 13.4. The van der Waals surface area contributed by atoms with E-state index >= 15 is 0 Å². The highest BCUT2D eigenvalue weighted by Gasteiger charge is 2.21. The smallest absolute Gasteiger partial charge is 0.335 e. The third-order valence-corrected chi connectivity index (χ3v) is 3.42. The van der Waals surface area contributed by atoms with Crippen molar-refractivity contribution in [2.75, 3.05) is 19.0 Å². The standard InChI is InChI=1S/C19H21NO3/c1-4-23-19(21)14(2)18(15-8-6-5-7-9-15)20-16-10-12-17(22-3)13-11-16/h5-13,18,20H,2,4H2,1,3H3/t18-/m1/s1. The van der Waals surface area contributed by atoms with Gasteiger partial charge in [-0.3, -0.25) is 0 Å². The fourth-order valence-electron chi connectivity index (χ4n) is 2.21. The molecule has 4 nitrogen and oxygen atoms in total.